The highest BCUT2D eigenvalue weighted by Crippen LogP contribution is 2.41. The molecule has 0 radical (unpaired) electrons. The highest BCUT2D eigenvalue weighted by atomic mass is 19.4. The first-order valence-electron chi connectivity index (χ1n) is 13.6. The maximum absolute atomic E-state index is 14.2. The maximum atomic E-state index is 14.2. The molecule has 7 nitrogen and oxygen atoms in total. The summed E-state index contributed by atoms with van der Waals surface area (Å²) in [6.45, 7) is 2.09. The number of carbonyl (C=O) groups is 1. The highest BCUT2D eigenvalue weighted by Gasteiger charge is 2.44. The summed E-state index contributed by atoms with van der Waals surface area (Å²) in [5, 5.41) is 22.5. The van der Waals surface area contributed by atoms with Crippen LogP contribution in [0.1, 0.15) is 70.2 Å². The Labute approximate surface area is 235 Å². The number of aliphatic hydroxyl groups is 1. The second kappa shape index (κ2) is 9.81. The average Bonchev–Trinajstić information content (AvgIpc) is 3.53. The summed E-state index contributed by atoms with van der Waals surface area (Å²) in [5.74, 6) is -0.122. The summed E-state index contributed by atoms with van der Waals surface area (Å²) in [6.07, 6.45) is -0.0458. The molecule has 4 aromatic rings. The summed E-state index contributed by atoms with van der Waals surface area (Å²) in [5.41, 5.74) is -0.732. The van der Waals surface area contributed by atoms with Crippen LogP contribution in [0.5, 0.6) is 0 Å². The number of H-pyrrole nitrogens is 1. The Morgan fingerprint density at radius 2 is 1.80 bits per heavy atom. The van der Waals surface area contributed by atoms with Crippen molar-refractivity contribution < 1.29 is 27.6 Å². The number of hydrogen-bond acceptors (Lipinski definition) is 4. The Balaban J connectivity index is 1.39. The lowest BCUT2D eigenvalue weighted by Crippen LogP contribution is -2.47. The molecule has 41 heavy (non-hydrogen) atoms. The zero-order chi connectivity index (χ0) is 29.0. The summed E-state index contributed by atoms with van der Waals surface area (Å²) in [6, 6.07) is 18.5. The van der Waals surface area contributed by atoms with E-state index in [1.807, 2.05) is 6.07 Å². The molecule has 1 fully saturated rings. The monoisotopic (exact) mass is 562 g/mol. The first-order valence-corrected chi connectivity index (χ1v) is 13.6. The normalized spacial score (nSPS) is 17.7. The summed E-state index contributed by atoms with van der Waals surface area (Å²) >= 11 is 0. The molecule has 212 valence electrons. The van der Waals surface area contributed by atoms with Gasteiger partial charge in [-0.1, -0.05) is 42.5 Å². The van der Waals surface area contributed by atoms with E-state index < -0.39 is 23.2 Å². The average molecular weight is 563 g/mol. The Hall–Kier alpha value is -4.02. The minimum Gasteiger partial charge on any atom is -0.371 e. The summed E-state index contributed by atoms with van der Waals surface area (Å²) < 4.78 is 44.4. The maximum Gasteiger partial charge on any atom is 0.416 e. The molecule has 2 aliphatic rings. The van der Waals surface area contributed by atoms with Gasteiger partial charge in [0.2, 0.25) is 5.60 Å². The van der Waals surface area contributed by atoms with Crippen molar-refractivity contribution in [2.24, 2.45) is 7.05 Å². The van der Waals surface area contributed by atoms with Gasteiger partial charge in [-0.3, -0.25) is 4.79 Å². The molecule has 3 N–H and O–H groups in total. The molecule has 0 bridgehead atoms. The van der Waals surface area contributed by atoms with Crippen molar-refractivity contribution in [2.75, 3.05) is 4.90 Å². The van der Waals surface area contributed by atoms with Crippen molar-refractivity contribution >= 4 is 11.6 Å². The van der Waals surface area contributed by atoms with Crippen LogP contribution in [-0.4, -0.2) is 26.7 Å². The zero-order valence-corrected chi connectivity index (χ0v) is 22.8. The SMILES string of the molecule is C[n+]1cn[nH]c1[C@@](O)(c1ccccc1)c1cccc(N2Cc3c(cc(CNC4(C)CCC4)cc3C(F)(F)F)C2=O)c1. The molecule has 1 saturated carbocycles. The molecule has 1 amide bonds. The molecule has 10 heteroatoms. The minimum absolute atomic E-state index is 0.0372. The lowest BCUT2D eigenvalue weighted by atomic mass is 9.78. The van der Waals surface area contributed by atoms with E-state index >= 15 is 0 Å². The fourth-order valence-corrected chi connectivity index (χ4v) is 5.90. The van der Waals surface area contributed by atoms with Gasteiger partial charge in [-0.05, 0) is 67.1 Å². The van der Waals surface area contributed by atoms with Crippen LogP contribution in [0.15, 0.2) is 73.1 Å². The van der Waals surface area contributed by atoms with Crippen LogP contribution in [0.25, 0.3) is 0 Å². The number of aromatic amines is 1. The fraction of sp³-hybridized carbons (Fsp3) is 0.323. The van der Waals surface area contributed by atoms with Gasteiger partial charge in [-0.15, -0.1) is 5.10 Å². The first kappa shape index (κ1) is 27.2. The second-order valence-electron chi connectivity index (χ2n) is 11.3. The van der Waals surface area contributed by atoms with Gasteiger partial charge >= 0.3 is 6.18 Å². The predicted molar refractivity (Wildman–Crippen MR) is 146 cm³/mol. The van der Waals surface area contributed by atoms with Gasteiger partial charge in [0.05, 0.1) is 19.2 Å². The van der Waals surface area contributed by atoms with Crippen LogP contribution in [0, 0.1) is 0 Å². The van der Waals surface area contributed by atoms with Gasteiger partial charge < -0.3 is 15.3 Å². The molecular formula is C31H31F3N5O2+. The Morgan fingerprint density at radius 3 is 2.44 bits per heavy atom. The summed E-state index contributed by atoms with van der Waals surface area (Å²) in [7, 11) is 1.74. The van der Waals surface area contributed by atoms with Crippen molar-refractivity contribution in [3.63, 3.8) is 0 Å². The standard InChI is InChI=1S/C31H30F3N5O2/c1-29(12-7-13-29)35-17-20-14-24-25(26(15-20)31(32,33)34)18-39(27(24)40)23-11-6-10-22(16-23)30(41,21-8-4-3-5-9-21)28-37-36-19-38(28)2/h3-6,8-11,14-16,19,35,41H,7,12-13,17-18H2,1-2H3/p+1/t30-/m1/s1. The van der Waals surface area contributed by atoms with Gasteiger partial charge in [0.25, 0.3) is 18.1 Å². The Kier molecular flexibility index (Phi) is 6.50. The van der Waals surface area contributed by atoms with E-state index in [0.29, 0.717) is 28.2 Å². The molecule has 0 unspecified atom stereocenters. The fourth-order valence-electron chi connectivity index (χ4n) is 5.90. The molecule has 1 atom stereocenters. The number of nitrogens with one attached hydrogen (secondary N) is 2. The second-order valence-corrected chi connectivity index (χ2v) is 11.3. The number of aromatic nitrogens is 3. The number of rotatable bonds is 7. The number of carbonyl (C=O) groups excluding carboxylic acids is 1. The van der Waals surface area contributed by atoms with E-state index in [1.54, 1.807) is 66.2 Å². The topological polar surface area (TPSA) is 85.1 Å². The number of amides is 1. The van der Waals surface area contributed by atoms with E-state index in [2.05, 4.69) is 22.4 Å². The molecule has 2 heterocycles. The highest BCUT2D eigenvalue weighted by molar-refractivity contribution is 6.10. The number of benzene rings is 3. The van der Waals surface area contributed by atoms with Gasteiger partial charge in [-0.2, -0.15) is 13.2 Å². The largest absolute Gasteiger partial charge is 0.416 e. The third kappa shape index (κ3) is 4.70. The van der Waals surface area contributed by atoms with Crippen LogP contribution >= 0.6 is 0 Å². The number of hydrogen-bond donors (Lipinski definition) is 3. The zero-order valence-electron chi connectivity index (χ0n) is 22.8. The minimum atomic E-state index is -4.61. The van der Waals surface area contributed by atoms with Crippen LogP contribution in [0.3, 0.4) is 0 Å². The van der Waals surface area contributed by atoms with Gasteiger partial charge in [-0.25, -0.2) is 4.57 Å². The van der Waals surface area contributed by atoms with E-state index in [0.717, 1.165) is 25.3 Å². The predicted octanol–water partition coefficient (Wildman–Crippen LogP) is 4.73. The molecule has 0 spiro atoms. The van der Waals surface area contributed by atoms with E-state index in [-0.39, 0.29) is 29.8 Å². The quantitative estimate of drug-likeness (QED) is 0.285. The van der Waals surface area contributed by atoms with E-state index in [1.165, 1.54) is 11.2 Å². The van der Waals surface area contributed by atoms with E-state index in [4.69, 9.17) is 0 Å². The Morgan fingerprint density at radius 1 is 1.07 bits per heavy atom. The third-order valence-corrected chi connectivity index (χ3v) is 8.45. The van der Waals surface area contributed by atoms with Crippen molar-refractivity contribution in [2.45, 2.75) is 56.6 Å². The van der Waals surface area contributed by atoms with Crippen LogP contribution in [-0.2, 0) is 31.9 Å². The number of aryl methyl sites for hydroxylation is 1. The van der Waals surface area contributed by atoms with Crippen LogP contribution < -0.4 is 14.8 Å². The Bertz CT molecular complexity index is 1610. The first-order chi connectivity index (χ1) is 19.5. The molecule has 1 aromatic heterocycles. The molecule has 3 aromatic carbocycles. The lowest BCUT2D eigenvalue weighted by Gasteiger charge is -2.39. The molecule has 1 aliphatic heterocycles. The molecular weight excluding hydrogens is 531 g/mol. The summed E-state index contributed by atoms with van der Waals surface area (Å²) in [4.78, 5) is 15.0. The van der Waals surface area contributed by atoms with Crippen LogP contribution in [0.4, 0.5) is 18.9 Å². The van der Waals surface area contributed by atoms with Crippen molar-refractivity contribution in [3.05, 3.63) is 112 Å². The number of alkyl halides is 3. The van der Waals surface area contributed by atoms with E-state index in [9.17, 15) is 23.1 Å². The van der Waals surface area contributed by atoms with Gasteiger partial charge in [0.1, 0.15) is 0 Å². The number of anilines is 1. The number of fused-ring (bicyclic) bond motifs is 1. The lowest BCUT2D eigenvalue weighted by molar-refractivity contribution is -0.684. The smallest absolute Gasteiger partial charge is 0.371 e. The van der Waals surface area contributed by atoms with Crippen molar-refractivity contribution in [3.8, 4) is 0 Å². The molecule has 6 rings (SSSR count). The van der Waals surface area contributed by atoms with Gasteiger partial charge in [0.15, 0.2) is 0 Å². The molecule has 0 saturated heterocycles. The van der Waals surface area contributed by atoms with Crippen LogP contribution in [0.2, 0.25) is 0 Å². The molecule has 1 aliphatic carbocycles. The van der Waals surface area contributed by atoms with Crippen molar-refractivity contribution in [1.82, 2.24) is 15.5 Å². The van der Waals surface area contributed by atoms with Crippen molar-refractivity contribution in [1.29, 1.82) is 0 Å². The number of nitrogens with zero attached hydrogens (tertiary/aromatic N) is 3. The third-order valence-electron chi connectivity index (χ3n) is 8.45. The van der Waals surface area contributed by atoms with Gasteiger partial charge in [0, 0.05) is 34.0 Å². The number of halogens is 3.